The van der Waals surface area contributed by atoms with Crippen molar-refractivity contribution in [2.45, 2.75) is 18.5 Å². The van der Waals surface area contributed by atoms with Crippen LogP contribution in [0, 0.1) is 0 Å². The fourth-order valence-corrected chi connectivity index (χ4v) is 4.64. The Morgan fingerprint density at radius 2 is 1.39 bits per heavy atom. The van der Waals surface area contributed by atoms with E-state index in [-0.39, 0.29) is 5.92 Å². The molecule has 5 aromatic rings. The summed E-state index contributed by atoms with van der Waals surface area (Å²) in [6, 6.07) is 23.5. The summed E-state index contributed by atoms with van der Waals surface area (Å²) >= 11 is 0. The van der Waals surface area contributed by atoms with E-state index in [2.05, 4.69) is 32.2 Å². The van der Waals surface area contributed by atoms with E-state index in [9.17, 15) is 18.0 Å². The van der Waals surface area contributed by atoms with Gasteiger partial charge in [0, 0.05) is 45.8 Å². The number of halogens is 3. The lowest BCUT2D eigenvalue weighted by Crippen LogP contribution is -2.24. The fourth-order valence-electron chi connectivity index (χ4n) is 4.64. The minimum atomic E-state index is -4.48. The van der Waals surface area contributed by atoms with Crippen LogP contribution in [0.5, 0.6) is 0 Å². The van der Waals surface area contributed by atoms with E-state index >= 15 is 0 Å². The molecule has 1 amide bonds. The third-order valence-corrected chi connectivity index (χ3v) is 6.21. The van der Waals surface area contributed by atoms with Crippen LogP contribution in [-0.4, -0.2) is 35.3 Å². The van der Waals surface area contributed by atoms with Gasteiger partial charge in [0.25, 0.3) is 0 Å². The largest absolute Gasteiger partial charge is 0.411 e. The van der Waals surface area contributed by atoms with Crippen molar-refractivity contribution in [3.63, 3.8) is 0 Å². The standard InChI is InChI=1S/C28H24F3N3O2/c29-28(30,31)17-36-16-27(35)34-24-10-4-1-7-18(24)13-21(22-14-32-25-11-5-2-8-19(22)25)23-15-33-26-12-6-3-9-20(23)26/h1-12,14-15,21,32-33H,13,16-17H2,(H,34,35). The summed E-state index contributed by atoms with van der Waals surface area (Å²) in [6.45, 7) is -2.15. The number of aromatic nitrogens is 2. The highest BCUT2D eigenvalue weighted by atomic mass is 19.4. The predicted molar refractivity (Wildman–Crippen MR) is 134 cm³/mol. The van der Waals surface area contributed by atoms with Crippen LogP contribution in [0.25, 0.3) is 21.8 Å². The van der Waals surface area contributed by atoms with Crippen molar-refractivity contribution >= 4 is 33.4 Å². The monoisotopic (exact) mass is 491 g/mol. The van der Waals surface area contributed by atoms with Crippen molar-refractivity contribution in [1.29, 1.82) is 0 Å². The van der Waals surface area contributed by atoms with Crippen LogP contribution < -0.4 is 5.32 Å². The highest BCUT2D eigenvalue weighted by Crippen LogP contribution is 2.38. The van der Waals surface area contributed by atoms with Gasteiger partial charge in [-0.15, -0.1) is 0 Å². The summed E-state index contributed by atoms with van der Waals surface area (Å²) < 4.78 is 41.6. The maximum atomic E-state index is 12.4. The number of hydrogen-bond acceptors (Lipinski definition) is 2. The molecule has 0 fully saturated rings. The molecule has 184 valence electrons. The number of para-hydroxylation sites is 3. The van der Waals surface area contributed by atoms with E-state index in [1.807, 2.05) is 60.9 Å². The fraction of sp³-hybridized carbons (Fsp3) is 0.179. The first-order valence-corrected chi connectivity index (χ1v) is 11.5. The number of ether oxygens (including phenoxy) is 1. The minimum Gasteiger partial charge on any atom is -0.362 e. The van der Waals surface area contributed by atoms with Crippen LogP contribution in [-0.2, 0) is 16.0 Å². The zero-order chi connectivity index (χ0) is 25.1. The molecule has 0 saturated carbocycles. The van der Waals surface area contributed by atoms with E-state index in [1.54, 1.807) is 12.1 Å². The molecule has 5 rings (SSSR count). The molecular weight excluding hydrogens is 467 g/mol. The van der Waals surface area contributed by atoms with Gasteiger partial charge in [0.15, 0.2) is 0 Å². The number of rotatable bonds is 8. The molecule has 0 saturated heterocycles. The number of nitrogens with one attached hydrogen (secondary N) is 3. The number of fused-ring (bicyclic) bond motifs is 2. The average molecular weight is 492 g/mol. The number of benzene rings is 3. The molecule has 3 aromatic carbocycles. The van der Waals surface area contributed by atoms with Gasteiger partial charge < -0.3 is 20.0 Å². The van der Waals surface area contributed by atoms with Crippen LogP contribution >= 0.6 is 0 Å². The van der Waals surface area contributed by atoms with Crippen molar-refractivity contribution in [2.75, 3.05) is 18.5 Å². The predicted octanol–water partition coefficient (Wildman–Crippen LogP) is 6.54. The minimum absolute atomic E-state index is 0.0585. The topological polar surface area (TPSA) is 69.9 Å². The molecule has 0 unspecified atom stereocenters. The second-order valence-corrected chi connectivity index (χ2v) is 8.65. The SMILES string of the molecule is O=C(COCC(F)(F)F)Nc1ccccc1CC(c1c[nH]c2ccccc12)c1c[nH]c2ccccc12. The van der Waals surface area contributed by atoms with Gasteiger partial charge in [-0.05, 0) is 41.3 Å². The smallest absolute Gasteiger partial charge is 0.362 e. The maximum Gasteiger partial charge on any atom is 0.411 e. The number of carbonyl (C=O) groups is 1. The summed E-state index contributed by atoms with van der Waals surface area (Å²) in [5.74, 6) is -0.695. The summed E-state index contributed by atoms with van der Waals surface area (Å²) in [4.78, 5) is 19.0. The first kappa shape index (κ1) is 23.7. The third kappa shape index (κ3) is 5.13. The second-order valence-electron chi connectivity index (χ2n) is 8.65. The molecule has 8 heteroatoms. The van der Waals surface area contributed by atoms with Crippen LogP contribution in [0.1, 0.15) is 22.6 Å². The Morgan fingerprint density at radius 3 is 2.00 bits per heavy atom. The molecule has 3 N–H and O–H groups in total. The van der Waals surface area contributed by atoms with Crippen LogP contribution in [0.15, 0.2) is 85.2 Å². The van der Waals surface area contributed by atoms with E-state index in [0.717, 1.165) is 38.5 Å². The molecule has 0 aliphatic rings. The highest BCUT2D eigenvalue weighted by molar-refractivity contribution is 5.93. The normalized spacial score (nSPS) is 12.0. The molecule has 0 aliphatic heterocycles. The van der Waals surface area contributed by atoms with Gasteiger partial charge in [-0.3, -0.25) is 4.79 Å². The summed E-state index contributed by atoms with van der Waals surface area (Å²) in [6.07, 6.45) is 0.111. The molecular formula is C28H24F3N3O2. The Hall–Kier alpha value is -4.04. The lowest BCUT2D eigenvalue weighted by atomic mass is 9.85. The Morgan fingerprint density at radius 1 is 0.833 bits per heavy atom. The van der Waals surface area contributed by atoms with Gasteiger partial charge >= 0.3 is 6.18 Å². The van der Waals surface area contributed by atoms with E-state index in [4.69, 9.17) is 0 Å². The van der Waals surface area contributed by atoms with Gasteiger partial charge in [-0.1, -0.05) is 54.6 Å². The lowest BCUT2D eigenvalue weighted by Gasteiger charge is -2.19. The third-order valence-electron chi connectivity index (χ3n) is 6.21. The van der Waals surface area contributed by atoms with Gasteiger partial charge in [0.1, 0.15) is 13.2 Å². The number of hydrogen-bond donors (Lipinski definition) is 3. The zero-order valence-electron chi connectivity index (χ0n) is 19.2. The van der Waals surface area contributed by atoms with E-state index in [1.165, 1.54) is 0 Å². The number of amides is 1. The lowest BCUT2D eigenvalue weighted by molar-refractivity contribution is -0.174. The number of H-pyrrole nitrogens is 2. The number of anilines is 1. The number of alkyl halides is 3. The average Bonchev–Trinajstić information content (AvgIpc) is 3.47. The Labute approximate surface area is 205 Å². The molecule has 0 bridgehead atoms. The molecule has 5 nitrogen and oxygen atoms in total. The first-order valence-electron chi connectivity index (χ1n) is 11.5. The van der Waals surface area contributed by atoms with Crippen LogP contribution in [0.2, 0.25) is 0 Å². The van der Waals surface area contributed by atoms with Gasteiger partial charge in [0.2, 0.25) is 5.91 Å². The van der Waals surface area contributed by atoms with Crippen molar-refractivity contribution in [3.05, 3.63) is 102 Å². The molecule has 0 aliphatic carbocycles. The molecule has 0 spiro atoms. The van der Waals surface area contributed by atoms with Gasteiger partial charge in [0.05, 0.1) is 0 Å². The first-order chi connectivity index (χ1) is 17.4. The molecule has 2 aromatic heterocycles. The Balaban J connectivity index is 1.48. The van der Waals surface area contributed by atoms with E-state index < -0.39 is 25.3 Å². The van der Waals surface area contributed by atoms with Crippen molar-refractivity contribution in [3.8, 4) is 0 Å². The summed E-state index contributed by atoms with van der Waals surface area (Å²) in [5, 5.41) is 4.93. The number of aromatic amines is 2. The second kappa shape index (κ2) is 9.91. The maximum absolute atomic E-state index is 12.4. The quantitative estimate of drug-likeness (QED) is 0.231. The molecule has 36 heavy (non-hydrogen) atoms. The zero-order valence-corrected chi connectivity index (χ0v) is 19.2. The van der Waals surface area contributed by atoms with Crippen molar-refractivity contribution < 1.29 is 22.7 Å². The van der Waals surface area contributed by atoms with Crippen molar-refractivity contribution in [2.24, 2.45) is 0 Å². The summed E-state index contributed by atoms with van der Waals surface area (Å²) in [5.41, 5.74) is 5.70. The van der Waals surface area contributed by atoms with Crippen LogP contribution in [0.4, 0.5) is 18.9 Å². The Bertz CT molecular complexity index is 1430. The highest BCUT2D eigenvalue weighted by Gasteiger charge is 2.28. The summed E-state index contributed by atoms with van der Waals surface area (Å²) in [7, 11) is 0. The van der Waals surface area contributed by atoms with Crippen molar-refractivity contribution in [1.82, 2.24) is 9.97 Å². The van der Waals surface area contributed by atoms with Gasteiger partial charge in [-0.25, -0.2) is 0 Å². The molecule has 0 radical (unpaired) electrons. The van der Waals surface area contributed by atoms with E-state index in [0.29, 0.717) is 12.1 Å². The number of carbonyl (C=O) groups excluding carboxylic acids is 1. The Kier molecular flexibility index (Phi) is 6.52. The molecule has 2 heterocycles. The van der Waals surface area contributed by atoms with Crippen LogP contribution in [0.3, 0.4) is 0 Å². The molecule has 0 atom stereocenters. The van der Waals surface area contributed by atoms with Gasteiger partial charge in [-0.2, -0.15) is 13.2 Å².